The fraction of sp³-hybridized carbons (Fsp3) is 0.364. The molecule has 3 nitrogen and oxygen atoms in total. The van der Waals surface area contributed by atoms with Crippen LogP contribution in [0.15, 0.2) is 18.2 Å². The lowest BCUT2D eigenvalue weighted by molar-refractivity contribution is 0.121. The van der Waals surface area contributed by atoms with E-state index in [1.165, 1.54) is 6.42 Å². The topological polar surface area (TPSA) is 59.0 Å². The molecule has 0 spiro atoms. The molecule has 0 heterocycles. The largest absolute Gasteiger partial charge is 0.488 e. The number of para-hydroxylation sites is 1. The van der Waals surface area contributed by atoms with E-state index < -0.39 is 0 Å². The van der Waals surface area contributed by atoms with E-state index in [-0.39, 0.29) is 0 Å². The molecule has 72 valence electrons. The standard InChI is InChI=1S/C11H12N2O/c12-7-8-3-1-6-10(11(8)13)14-9-4-2-5-9/h1,3,6,9H,2,4-5,13H2. The van der Waals surface area contributed by atoms with E-state index in [0.717, 1.165) is 12.8 Å². The Kier molecular flexibility index (Phi) is 2.28. The summed E-state index contributed by atoms with van der Waals surface area (Å²) in [6.07, 6.45) is 3.71. The highest BCUT2D eigenvalue weighted by molar-refractivity contribution is 5.63. The van der Waals surface area contributed by atoms with Crippen LogP contribution in [0.4, 0.5) is 5.69 Å². The van der Waals surface area contributed by atoms with Gasteiger partial charge in [-0.1, -0.05) is 6.07 Å². The van der Waals surface area contributed by atoms with Crippen LogP contribution in [0, 0.1) is 11.3 Å². The van der Waals surface area contributed by atoms with Gasteiger partial charge in [-0.3, -0.25) is 0 Å². The van der Waals surface area contributed by atoms with Crippen LogP contribution in [0.2, 0.25) is 0 Å². The Morgan fingerprint density at radius 3 is 2.79 bits per heavy atom. The highest BCUT2D eigenvalue weighted by atomic mass is 16.5. The average Bonchev–Trinajstić information content (AvgIpc) is 2.13. The molecule has 0 atom stereocenters. The highest BCUT2D eigenvalue weighted by Gasteiger charge is 2.20. The molecule has 0 bridgehead atoms. The first-order valence-electron chi connectivity index (χ1n) is 4.76. The predicted octanol–water partition coefficient (Wildman–Crippen LogP) is 2.07. The zero-order valence-corrected chi connectivity index (χ0v) is 7.86. The summed E-state index contributed by atoms with van der Waals surface area (Å²) in [6.45, 7) is 0. The van der Waals surface area contributed by atoms with Crippen LogP contribution in [-0.4, -0.2) is 6.10 Å². The molecule has 1 aliphatic carbocycles. The summed E-state index contributed by atoms with van der Waals surface area (Å²) in [5.74, 6) is 0.647. The van der Waals surface area contributed by atoms with E-state index >= 15 is 0 Å². The Morgan fingerprint density at radius 2 is 2.21 bits per heavy atom. The van der Waals surface area contributed by atoms with Gasteiger partial charge in [-0.15, -0.1) is 0 Å². The lowest BCUT2D eigenvalue weighted by Crippen LogP contribution is -2.25. The van der Waals surface area contributed by atoms with Gasteiger partial charge in [0.05, 0.1) is 17.4 Å². The van der Waals surface area contributed by atoms with Gasteiger partial charge >= 0.3 is 0 Å². The number of rotatable bonds is 2. The average molecular weight is 188 g/mol. The molecule has 2 rings (SSSR count). The zero-order valence-electron chi connectivity index (χ0n) is 7.86. The molecule has 0 aliphatic heterocycles. The van der Waals surface area contributed by atoms with Crippen molar-refractivity contribution in [3.05, 3.63) is 23.8 Å². The number of nitrogens with two attached hydrogens (primary N) is 1. The monoisotopic (exact) mass is 188 g/mol. The fourth-order valence-corrected chi connectivity index (χ4v) is 1.41. The van der Waals surface area contributed by atoms with Gasteiger partial charge in [-0.05, 0) is 31.4 Å². The van der Waals surface area contributed by atoms with Crippen LogP contribution in [0.1, 0.15) is 24.8 Å². The van der Waals surface area contributed by atoms with E-state index in [4.69, 9.17) is 15.7 Å². The molecule has 1 aromatic rings. The van der Waals surface area contributed by atoms with Crippen molar-refractivity contribution in [2.75, 3.05) is 5.73 Å². The third-order valence-electron chi connectivity index (χ3n) is 2.53. The second-order valence-electron chi connectivity index (χ2n) is 3.50. The normalized spacial score (nSPS) is 15.6. The molecule has 1 fully saturated rings. The first-order valence-corrected chi connectivity index (χ1v) is 4.76. The Hall–Kier alpha value is -1.69. The molecule has 0 saturated heterocycles. The maximum absolute atomic E-state index is 8.76. The minimum Gasteiger partial charge on any atom is -0.488 e. The maximum atomic E-state index is 8.76. The molecule has 1 saturated carbocycles. The van der Waals surface area contributed by atoms with Crippen molar-refractivity contribution in [3.63, 3.8) is 0 Å². The van der Waals surface area contributed by atoms with E-state index in [1.54, 1.807) is 12.1 Å². The molecule has 1 aromatic carbocycles. The Morgan fingerprint density at radius 1 is 1.43 bits per heavy atom. The molecule has 0 aromatic heterocycles. The van der Waals surface area contributed by atoms with Crippen molar-refractivity contribution in [2.24, 2.45) is 0 Å². The molecule has 2 N–H and O–H groups in total. The Bertz CT molecular complexity index is 377. The van der Waals surface area contributed by atoms with Crippen LogP contribution < -0.4 is 10.5 Å². The van der Waals surface area contributed by atoms with E-state index in [0.29, 0.717) is 23.1 Å². The van der Waals surface area contributed by atoms with Crippen LogP contribution in [0.3, 0.4) is 0 Å². The van der Waals surface area contributed by atoms with Gasteiger partial charge in [0.15, 0.2) is 0 Å². The van der Waals surface area contributed by atoms with Crippen LogP contribution in [0.25, 0.3) is 0 Å². The van der Waals surface area contributed by atoms with Gasteiger partial charge < -0.3 is 10.5 Å². The predicted molar refractivity (Wildman–Crippen MR) is 53.8 cm³/mol. The molecular formula is C11H12N2O. The van der Waals surface area contributed by atoms with Crippen LogP contribution in [0.5, 0.6) is 5.75 Å². The van der Waals surface area contributed by atoms with E-state index in [2.05, 4.69) is 0 Å². The summed E-state index contributed by atoms with van der Waals surface area (Å²) < 4.78 is 5.65. The number of anilines is 1. The third kappa shape index (κ3) is 1.51. The minimum absolute atomic E-state index is 0.297. The highest BCUT2D eigenvalue weighted by Crippen LogP contribution is 2.30. The molecule has 0 amide bonds. The molecule has 0 unspecified atom stereocenters. The van der Waals surface area contributed by atoms with E-state index in [9.17, 15) is 0 Å². The maximum Gasteiger partial charge on any atom is 0.143 e. The lowest BCUT2D eigenvalue weighted by Gasteiger charge is -2.27. The zero-order chi connectivity index (χ0) is 9.97. The molecule has 3 heteroatoms. The fourth-order valence-electron chi connectivity index (χ4n) is 1.41. The molecular weight excluding hydrogens is 176 g/mol. The van der Waals surface area contributed by atoms with Gasteiger partial charge in [-0.25, -0.2) is 0 Å². The van der Waals surface area contributed by atoms with Gasteiger partial charge in [-0.2, -0.15) is 5.26 Å². The SMILES string of the molecule is N#Cc1cccc(OC2CCC2)c1N. The third-order valence-corrected chi connectivity index (χ3v) is 2.53. The van der Waals surface area contributed by atoms with Gasteiger partial charge in [0.1, 0.15) is 11.8 Å². The number of nitrogen functional groups attached to an aromatic ring is 1. The summed E-state index contributed by atoms with van der Waals surface area (Å²) in [4.78, 5) is 0. The number of hydrogen-bond donors (Lipinski definition) is 1. The van der Waals surface area contributed by atoms with Crippen molar-refractivity contribution in [1.82, 2.24) is 0 Å². The minimum atomic E-state index is 0.297. The summed E-state index contributed by atoms with van der Waals surface area (Å²) in [6, 6.07) is 7.35. The number of ether oxygens (including phenoxy) is 1. The second-order valence-corrected chi connectivity index (χ2v) is 3.50. The van der Waals surface area contributed by atoms with E-state index in [1.807, 2.05) is 12.1 Å². The summed E-state index contributed by atoms with van der Waals surface area (Å²) in [7, 11) is 0. The summed E-state index contributed by atoms with van der Waals surface area (Å²) in [5.41, 5.74) is 6.72. The van der Waals surface area contributed by atoms with Gasteiger partial charge in [0, 0.05) is 0 Å². The van der Waals surface area contributed by atoms with Crippen molar-refractivity contribution in [2.45, 2.75) is 25.4 Å². The van der Waals surface area contributed by atoms with Crippen LogP contribution >= 0.6 is 0 Å². The molecule has 1 aliphatic rings. The Balaban J connectivity index is 2.20. The molecule has 0 radical (unpaired) electrons. The summed E-state index contributed by atoms with van der Waals surface area (Å²) in [5, 5.41) is 8.76. The second kappa shape index (κ2) is 3.59. The number of hydrogen-bond acceptors (Lipinski definition) is 3. The number of nitrogens with zero attached hydrogens (tertiary/aromatic N) is 1. The number of benzene rings is 1. The van der Waals surface area contributed by atoms with Gasteiger partial charge in [0.25, 0.3) is 0 Å². The first kappa shape index (κ1) is 8.89. The van der Waals surface area contributed by atoms with Crippen molar-refractivity contribution in [3.8, 4) is 11.8 Å². The summed E-state index contributed by atoms with van der Waals surface area (Å²) >= 11 is 0. The lowest BCUT2D eigenvalue weighted by atomic mass is 9.96. The van der Waals surface area contributed by atoms with Crippen molar-refractivity contribution < 1.29 is 4.74 Å². The first-order chi connectivity index (χ1) is 6.81. The number of nitriles is 1. The quantitative estimate of drug-likeness (QED) is 0.723. The van der Waals surface area contributed by atoms with Gasteiger partial charge in [0.2, 0.25) is 0 Å². The van der Waals surface area contributed by atoms with Crippen molar-refractivity contribution >= 4 is 5.69 Å². The smallest absolute Gasteiger partial charge is 0.143 e. The molecule has 14 heavy (non-hydrogen) atoms. The Labute approximate surface area is 83.1 Å². The van der Waals surface area contributed by atoms with Crippen LogP contribution in [-0.2, 0) is 0 Å². The van der Waals surface area contributed by atoms with Crippen molar-refractivity contribution in [1.29, 1.82) is 5.26 Å².